The van der Waals surface area contributed by atoms with Crippen LogP contribution in [0.15, 0.2) is 182 Å². The van der Waals surface area contributed by atoms with Gasteiger partial charge in [-0.3, -0.25) is 32.5 Å². The molecule has 5 unspecified atom stereocenters. The summed E-state index contributed by atoms with van der Waals surface area (Å²) in [6.07, 6.45) is 115. The number of phosphoric acid groups is 2. The van der Waals surface area contributed by atoms with Crippen molar-refractivity contribution in [3.63, 3.8) is 0 Å². The Morgan fingerprint density at radius 1 is 0.252 bits per heavy atom. The highest BCUT2D eigenvalue weighted by molar-refractivity contribution is 7.47. The van der Waals surface area contributed by atoms with Gasteiger partial charge in [-0.25, -0.2) is 9.13 Å². The highest BCUT2D eigenvalue weighted by Crippen LogP contribution is 2.45. The zero-order chi connectivity index (χ0) is 83.6. The molecule has 0 bridgehead atoms. The van der Waals surface area contributed by atoms with Crippen LogP contribution in [0.3, 0.4) is 0 Å². The highest BCUT2D eigenvalue weighted by Gasteiger charge is 2.29. The lowest BCUT2D eigenvalue weighted by molar-refractivity contribution is -0.161. The molecule has 0 aromatic heterocycles. The molecule has 0 fully saturated rings. The van der Waals surface area contributed by atoms with Crippen molar-refractivity contribution < 1.29 is 75.8 Å². The normalized spacial score (nSPS) is 14.7. The summed E-state index contributed by atoms with van der Waals surface area (Å²) in [5.41, 5.74) is 0. The fourth-order valence-electron chi connectivity index (χ4n) is 11.8. The second-order valence-electron chi connectivity index (χ2n) is 29.6. The van der Waals surface area contributed by atoms with Crippen molar-refractivity contribution in [1.29, 1.82) is 0 Å². The molecule has 16 nitrogen and oxygen atoms in total. The summed E-state index contributed by atoms with van der Waals surface area (Å²) in [6.45, 7) is 2.43. The van der Waals surface area contributed by atoms with Crippen molar-refractivity contribution in [2.24, 2.45) is 0 Å². The van der Waals surface area contributed by atoms with Crippen LogP contribution in [0.25, 0.3) is 0 Å². The molecule has 4 N–H and O–H groups in total. The quantitative estimate of drug-likeness (QED) is 0.0146. The molecule has 0 aliphatic carbocycles. The van der Waals surface area contributed by atoms with E-state index in [-0.39, 0.29) is 19.3 Å². The van der Waals surface area contributed by atoms with Crippen molar-refractivity contribution in [3.8, 4) is 0 Å². The average Bonchev–Trinajstić information content (AvgIpc) is 0.900. The van der Waals surface area contributed by atoms with E-state index >= 15 is 0 Å². The largest absolute Gasteiger partial charge is 0.472 e. The maximum atomic E-state index is 13.1. The summed E-state index contributed by atoms with van der Waals surface area (Å²) in [5.74, 6) is -1.60. The SMILES string of the molecule is CC/C=C\C/C=C\C/C=C\C/C=C\C/C=C\C/C=C\CCCCCCCCCCC(=O)OCC(COP(=O)(O)OCC(O)COP(=O)(O)OCC(O)COC(=O)CCCCCCCCCCCCCCC/C=C\C/C=C\C/C=C\C/C=C\C/C=C\CC)OC(=O)CCCCCCCCC/C=C\C/C=C\C/C=C\C/C=C\CCCCC. The molecule has 115 heavy (non-hydrogen) atoms. The van der Waals surface area contributed by atoms with Gasteiger partial charge in [0.1, 0.15) is 25.4 Å². The number of hydrogen-bond acceptors (Lipinski definition) is 14. The van der Waals surface area contributed by atoms with E-state index in [0.29, 0.717) is 19.3 Å². The molecule has 0 aromatic carbocycles. The Labute approximate surface area is 700 Å². The molecular formula is C97H162O16P2. The monoisotopic (exact) mass is 1650 g/mol. The van der Waals surface area contributed by atoms with E-state index in [4.69, 9.17) is 32.3 Å². The smallest absolute Gasteiger partial charge is 0.463 e. The van der Waals surface area contributed by atoms with Gasteiger partial charge in [0.25, 0.3) is 0 Å². The Hall–Kier alpha value is -5.35. The molecule has 0 amide bonds. The van der Waals surface area contributed by atoms with Crippen LogP contribution in [0, 0.1) is 0 Å². The first-order valence-electron chi connectivity index (χ1n) is 45.1. The first kappa shape index (κ1) is 110. The van der Waals surface area contributed by atoms with E-state index in [1.165, 1.54) is 89.9 Å². The summed E-state index contributed by atoms with van der Waals surface area (Å²) >= 11 is 0. The van der Waals surface area contributed by atoms with Crippen LogP contribution in [0.5, 0.6) is 0 Å². The van der Waals surface area contributed by atoms with Crippen molar-refractivity contribution in [1.82, 2.24) is 0 Å². The van der Waals surface area contributed by atoms with Crippen LogP contribution < -0.4 is 0 Å². The van der Waals surface area contributed by atoms with Crippen LogP contribution in [0.4, 0.5) is 0 Å². The van der Waals surface area contributed by atoms with Gasteiger partial charge in [0.2, 0.25) is 0 Å². The Kier molecular flexibility index (Phi) is 83.9. The number of unbranched alkanes of at least 4 members (excludes halogenated alkanes) is 31. The Bertz CT molecular complexity index is 2820. The standard InChI is InChI=1S/C97H162O16P2/c1-4-7-10-13-16-19-22-25-28-31-34-37-40-42-44-45-47-49-51-53-56-59-62-65-68-71-74-77-80-83-95(100)107-86-92(98)87-109-114(103,104)110-88-93(99)89-111-115(105,106)112-91-94(113-97(102)85-82-79-76-73-70-67-64-61-58-55-50-39-36-33-30-27-24-21-18-15-12-9-6-3)90-108-96(101)84-81-78-75-72-69-66-63-60-57-54-52-48-46-43-41-38-35-32-29-26-23-20-17-14-11-8-5-2/h7-8,10-11,16-21,25-30,34-39,42-44,46,52,54-55,58,92-94,98-99H,4-6,9,12-15,22-24,31-33,40-41,45,47-51,53,56-57,59-91H2,1-3H3,(H,103,104)(H,105,106)/b10-7-,11-8-,19-16-,20-17-,21-18-,28-25-,29-26-,30-27-,37-34-,38-35-,39-36-,44-42-,46-43-,54-52-,58-55-. The number of allylic oxidation sites excluding steroid dienone is 30. The molecule has 0 heterocycles. The second kappa shape index (κ2) is 87.9. The van der Waals surface area contributed by atoms with E-state index in [1.54, 1.807) is 0 Å². The van der Waals surface area contributed by atoms with E-state index in [1.807, 2.05) is 0 Å². The number of rotatable bonds is 84. The van der Waals surface area contributed by atoms with Gasteiger partial charge in [0, 0.05) is 19.3 Å². The number of carbonyl (C=O) groups excluding carboxylic acids is 3. The number of hydrogen-bond donors (Lipinski definition) is 4. The summed E-state index contributed by atoms with van der Waals surface area (Å²) in [5, 5.41) is 20.7. The van der Waals surface area contributed by atoms with Crippen LogP contribution in [-0.4, -0.2) is 95.9 Å². The third-order valence-corrected chi connectivity index (χ3v) is 20.5. The molecule has 0 radical (unpaired) electrons. The van der Waals surface area contributed by atoms with Gasteiger partial charge in [-0.1, -0.05) is 357 Å². The maximum absolute atomic E-state index is 13.1. The summed E-state index contributed by atoms with van der Waals surface area (Å²) in [6, 6.07) is 0. The molecule has 0 aliphatic heterocycles. The molecule has 0 saturated heterocycles. The minimum Gasteiger partial charge on any atom is -0.463 e. The second-order valence-corrected chi connectivity index (χ2v) is 32.5. The molecule has 0 spiro atoms. The molecule has 5 atom stereocenters. The third-order valence-electron chi connectivity index (χ3n) is 18.6. The van der Waals surface area contributed by atoms with Gasteiger partial charge in [-0.05, 0) is 161 Å². The molecular weight excluding hydrogens is 1480 g/mol. The fourth-order valence-corrected chi connectivity index (χ4v) is 13.4. The zero-order valence-corrected chi connectivity index (χ0v) is 73.9. The summed E-state index contributed by atoms with van der Waals surface area (Å²) in [7, 11) is -9.82. The lowest BCUT2D eigenvalue weighted by Crippen LogP contribution is -2.30. The minimum atomic E-state index is -4.95. The van der Waals surface area contributed by atoms with Crippen LogP contribution in [-0.2, 0) is 55.8 Å². The van der Waals surface area contributed by atoms with Gasteiger partial charge in [-0.15, -0.1) is 0 Å². The van der Waals surface area contributed by atoms with Crippen molar-refractivity contribution >= 4 is 33.6 Å². The summed E-state index contributed by atoms with van der Waals surface area (Å²) in [4.78, 5) is 59.0. The molecule has 0 saturated carbocycles. The van der Waals surface area contributed by atoms with Gasteiger partial charge in [0.05, 0.1) is 26.4 Å². The number of phosphoric ester groups is 2. The Morgan fingerprint density at radius 2 is 0.461 bits per heavy atom. The number of esters is 3. The van der Waals surface area contributed by atoms with Gasteiger partial charge in [-0.2, -0.15) is 0 Å². The van der Waals surface area contributed by atoms with Gasteiger partial charge < -0.3 is 34.2 Å². The number of aliphatic hydroxyl groups excluding tert-OH is 2. The molecule has 0 aliphatic rings. The van der Waals surface area contributed by atoms with Crippen molar-refractivity contribution in [2.75, 3.05) is 39.6 Å². The molecule has 0 aromatic rings. The highest BCUT2D eigenvalue weighted by atomic mass is 31.2. The first-order valence-corrected chi connectivity index (χ1v) is 48.1. The molecule has 0 rings (SSSR count). The Balaban J connectivity index is 4.67. The zero-order valence-electron chi connectivity index (χ0n) is 72.1. The lowest BCUT2D eigenvalue weighted by Gasteiger charge is -2.21. The van der Waals surface area contributed by atoms with E-state index in [0.717, 1.165) is 205 Å². The number of carbonyl (C=O) groups is 3. The number of ether oxygens (including phenoxy) is 3. The predicted octanol–water partition coefficient (Wildman–Crippen LogP) is 27.7. The predicted molar refractivity (Wildman–Crippen MR) is 481 cm³/mol. The van der Waals surface area contributed by atoms with Crippen molar-refractivity contribution in [2.45, 2.75) is 373 Å². The Morgan fingerprint density at radius 3 is 0.730 bits per heavy atom. The van der Waals surface area contributed by atoms with Crippen molar-refractivity contribution in [3.05, 3.63) is 182 Å². The van der Waals surface area contributed by atoms with Crippen LogP contribution >= 0.6 is 15.6 Å². The lowest BCUT2D eigenvalue weighted by atomic mass is 10.0. The minimum absolute atomic E-state index is 0.0844. The molecule has 656 valence electrons. The summed E-state index contributed by atoms with van der Waals surface area (Å²) < 4.78 is 61.5. The topological polar surface area (TPSA) is 231 Å². The van der Waals surface area contributed by atoms with Crippen LogP contribution in [0.2, 0.25) is 0 Å². The van der Waals surface area contributed by atoms with E-state index in [9.17, 15) is 43.5 Å². The first-order chi connectivity index (χ1) is 56.2. The third kappa shape index (κ3) is 89.3. The molecule has 18 heteroatoms. The maximum Gasteiger partial charge on any atom is 0.472 e. The fraction of sp³-hybridized carbons (Fsp3) is 0.660. The van der Waals surface area contributed by atoms with Crippen LogP contribution in [0.1, 0.15) is 355 Å². The van der Waals surface area contributed by atoms with E-state index in [2.05, 4.69) is 203 Å². The van der Waals surface area contributed by atoms with Gasteiger partial charge >= 0.3 is 33.6 Å². The number of aliphatic hydroxyl groups is 2. The van der Waals surface area contributed by atoms with Gasteiger partial charge in [0.15, 0.2) is 6.10 Å². The van der Waals surface area contributed by atoms with E-state index < -0.39 is 91.5 Å². The average molecular weight is 1650 g/mol.